The SMILES string of the molecule is CNc1cccc(C[C@H](N)C(=O)O)c1.Cl.Cl. The molecule has 0 aliphatic heterocycles. The lowest BCUT2D eigenvalue weighted by atomic mass is 10.1. The van der Waals surface area contributed by atoms with Gasteiger partial charge in [0, 0.05) is 12.7 Å². The van der Waals surface area contributed by atoms with E-state index in [4.69, 9.17) is 10.8 Å². The monoisotopic (exact) mass is 266 g/mol. The lowest BCUT2D eigenvalue weighted by molar-refractivity contribution is -0.138. The summed E-state index contributed by atoms with van der Waals surface area (Å²) in [6.45, 7) is 0. The van der Waals surface area contributed by atoms with Crippen molar-refractivity contribution in [3.05, 3.63) is 29.8 Å². The molecule has 0 unspecified atom stereocenters. The predicted octanol–water partition coefficient (Wildman–Crippen LogP) is 1.53. The Bertz CT molecular complexity index is 334. The van der Waals surface area contributed by atoms with Gasteiger partial charge < -0.3 is 16.2 Å². The summed E-state index contributed by atoms with van der Waals surface area (Å²) in [6.07, 6.45) is 0.352. The summed E-state index contributed by atoms with van der Waals surface area (Å²) in [5, 5.41) is 11.6. The van der Waals surface area contributed by atoms with E-state index in [1.54, 1.807) is 0 Å². The highest BCUT2D eigenvalue weighted by molar-refractivity contribution is 5.85. The molecule has 0 saturated heterocycles. The molecule has 4 N–H and O–H groups in total. The molecule has 0 heterocycles. The lowest BCUT2D eigenvalue weighted by Gasteiger charge is -2.07. The number of carbonyl (C=O) groups is 1. The highest BCUT2D eigenvalue weighted by Gasteiger charge is 2.11. The van der Waals surface area contributed by atoms with Crippen molar-refractivity contribution < 1.29 is 9.90 Å². The molecule has 0 aliphatic rings. The Morgan fingerprint density at radius 3 is 2.62 bits per heavy atom. The van der Waals surface area contributed by atoms with Gasteiger partial charge in [0.05, 0.1) is 0 Å². The summed E-state index contributed by atoms with van der Waals surface area (Å²) >= 11 is 0. The molecule has 1 atom stereocenters. The van der Waals surface area contributed by atoms with Gasteiger partial charge in [0.25, 0.3) is 0 Å². The minimum absolute atomic E-state index is 0. The van der Waals surface area contributed by atoms with Crippen LogP contribution < -0.4 is 11.1 Å². The number of anilines is 1. The Balaban J connectivity index is 0. The topological polar surface area (TPSA) is 75.3 Å². The van der Waals surface area contributed by atoms with Gasteiger partial charge in [-0.05, 0) is 24.1 Å². The van der Waals surface area contributed by atoms with Crippen molar-refractivity contribution in [2.45, 2.75) is 12.5 Å². The number of aliphatic carboxylic acids is 1. The molecule has 1 aromatic rings. The number of benzene rings is 1. The highest BCUT2D eigenvalue weighted by atomic mass is 35.5. The van der Waals surface area contributed by atoms with E-state index in [0.717, 1.165) is 11.3 Å². The first-order valence-corrected chi connectivity index (χ1v) is 4.38. The third-order valence-electron chi connectivity index (χ3n) is 1.99. The second-order valence-corrected chi connectivity index (χ2v) is 3.10. The first-order valence-electron chi connectivity index (χ1n) is 4.38. The molecule has 92 valence electrons. The zero-order valence-corrected chi connectivity index (χ0v) is 10.5. The van der Waals surface area contributed by atoms with Gasteiger partial charge in [0.1, 0.15) is 6.04 Å². The number of carboxylic acids is 1. The molecule has 0 fully saturated rings. The van der Waals surface area contributed by atoms with E-state index in [1.807, 2.05) is 31.3 Å². The number of rotatable bonds is 4. The number of nitrogens with two attached hydrogens (primary N) is 1. The van der Waals surface area contributed by atoms with Crippen molar-refractivity contribution in [3.8, 4) is 0 Å². The second kappa shape index (κ2) is 8.21. The predicted molar refractivity (Wildman–Crippen MR) is 69.8 cm³/mol. The van der Waals surface area contributed by atoms with Crippen LogP contribution in [0.5, 0.6) is 0 Å². The standard InChI is InChI=1S/C10H14N2O2.2ClH/c1-12-8-4-2-3-7(5-8)6-9(11)10(13)14;;/h2-5,9,12H,6,11H2,1H3,(H,13,14);2*1H/t9-;;/m0../s1. The highest BCUT2D eigenvalue weighted by Crippen LogP contribution is 2.10. The van der Waals surface area contributed by atoms with Crippen molar-refractivity contribution in [3.63, 3.8) is 0 Å². The minimum Gasteiger partial charge on any atom is -0.480 e. The molecule has 6 heteroatoms. The summed E-state index contributed by atoms with van der Waals surface area (Å²) < 4.78 is 0. The molecular formula is C10H16Cl2N2O2. The van der Waals surface area contributed by atoms with E-state index in [1.165, 1.54) is 0 Å². The second-order valence-electron chi connectivity index (χ2n) is 3.10. The van der Waals surface area contributed by atoms with Crippen molar-refractivity contribution >= 4 is 36.5 Å². The van der Waals surface area contributed by atoms with Crippen LogP contribution in [0.2, 0.25) is 0 Å². The van der Waals surface area contributed by atoms with Gasteiger partial charge >= 0.3 is 5.97 Å². The Kier molecular flexibility index (Phi) is 8.95. The number of hydrogen-bond acceptors (Lipinski definition) is 3. The fourth-order valence-electron chi connectivity index (χ4n) is 1.20. The van der Waals surface area contributed by atoms with Crippen molar-refractivity contribution in [2.24, 2.45) is 5.73 Å². The van der Waals surface area contributed by atoms with Crippen LogP contribution in [0.15, 0.2) is 24.3 Å². The molecule has 0 amide bonds. The summed E-state index contributed by atoms with van der Waals surface area (Å²) in [4.78, 5) is 10.5. The number of hydrogen-bond donors (Lipinski definition) is 3. The third kappa shape index (κ3) is 5.21. The van der Waals surface area contributed by atoms with Crippen LogP contribution >= 0.6 is 24.8 Å². The van der Waals surface area contributed by atoms with Crippen LogP contribution in [0, 0.1) is 0 Å². The lowest BCUT2D eigenvalue weighted by Crippen LogP contribution is -2.32. The van der Waals surface area contributed by atoms with Crippen LogP contribution in [0.3, 0.4) is 0 Å². The number of carboxylic acid groups (broad SMARTS) is 1. The van der Waals surface area contributed by atoms with Gasteiger partial charge in [-0.25, -0.2) is 0 Å². The van der Waals surface area contributed by atoms with Crippen LogP contribution in [0.25, 0.3) is 0 Å². The minimum atomic E-state index is -0.972. The average Bonchev–Trinajstić information content (AvgIpc) is 2.18. The zero-order valence-electron chi connectivity index (χ0n) is 8.84. The van der Waals surface area contributed by atoms with Gasteiger partial charge in [0.15, 0.2) is 0 Å². The summed E-state index contributed by atoms with van der Waals surface area (Å²) in [7, 11) is 1.82. The van der Waals surface area contributed by atoms with Crippen LogP contribution in [0.1, 0.15) is 5.56 Å². The maximum atomic E-state index is 10.5. The van der Waals surface area contributed by atoms with Gasteiger partial charge in [-0.15, -0.1) is 24.8 Å². The number of halogens is 2. The van der Waals surface area contributed by atoms with Gasteiger partial charge in [-0.1, -0.05) is 12.1 Å². The smallest absolute Gasteiger partial charge is 0.320 e. The van der Waals surface area contributed by atoms with E-state index >= 15 is 0 Å². The first-order chi connectivity index (χ1) is 6.63. The Hall–Kier alpha value is -0.970. The van der Waals surface area contributed by atoms with Crippen molar-refractivity contribution in [1.29, 1.82) is 0 Å². The normalized spacial score (nSPS) is 10.6. The Morgan fingerprint density at radius 1 is 1.50 bits per heavy atom. The van der Waals surface area contributed by atoms with Gasteiger partial charge in [-0.3, -0.25) is 4.79 Å². The molecule has 1 rings (SSSR count). The van der Waals surface area contributed by atoms with Crippen molar-refractivity contribution in [1.82, 2.24) is 0 Å². The first kappa shape index (κ1) is 17.4. The molecule has 0 spiro atoms. The molecule has 1 aromatic carbocycles. The quantitative estimate of drug-likeness (QED) is 0.773. The van der Waals surface area contributed by atoms with Crippen molar-refractivity contribution in [2.75, 3.05) is 12.4 Å². The van der Waals surface area contributed by atoms with E-state index in [-0.39, 0.29) is 24.8 Å². The summed E-state index contributed by atoms with van der Waals surface area (Å²) in [5.74, 6) is -0.972. The largest absolute Gasteiger partial charge is 0.480 e. The third-order valence-corrected chi connectivity index (χ3v) is 1.99. The molecule has 0 saturated carbocycles. The maximum Gasteiger partial charge on any atom is 0.320 e. The van der Waals surface area contributed by atoms with Crippen LogP contribution in [-0.2, 0) is 11.2 Å². The van der Waals surface area contributed by atoms with Gasteiger partial charge in [0.2, 0.25) is 0 Å². The molecule has 0 aliphatic carbocycles. The fraction of sp³-hybridized carbons (Fsp3) is 0.300. The van der Waals surface area contributed by atoms with Gasteiger partial charge in [-0.2, -0.15) is 0 Å². The summed E-state index contributed by atoms with van der Waals surface area (Å²) in [6, 6.07) is 6.71. The maximum absolute atomic E-state index is 10.5. The molecule has 0 radical (unpaired) electrons. The molecule has 4 nitrogen and oxygen atoms in total. The Labute approximate surface area is 107 Å². The average molecular weight is 267 g/mol. The van der Waals surface area contributed by atoms with E-state index in [9.17, 15) is 4.79 Å². The number of nitrogens with one attached hydrogen (secondary N) is 1. The molecule has 0 bridgehead atoms. The molecule has 0 aromatic heterocycles. The van der Waals surface area contributed by atoms with E-state index in [2.05, 4.69) is 5.32 Å². The molecule has 16 heavy (non-hydrogen) atoms. The van der Waals surface area contributed by atoms with E-state index in [0.29, 0.717) is 6.42 Å². The van der Waals surface area contributed by atoms with E-state index < -0.39 is 12.0 Å². The van der Waals surface area contributed by atoms with Crippen LogP contribution in [-0.4, -0.2) is 24.2 Å². The summed E-state index contributed by atoms with van der Waals surface area (Å²) in [5.41, 5.74) is 7.30. The Morgan fingerprint density at radius 2 is 2.12 bits per heavy atom. The fourth-order valence-corrected chi connectivity index (χ4v) is 1.20. The molecular weight excluding hydrogens is 251 g/mol. The van der Waals surface area contributed by atoms with Crippen LogP contribution in [0.4, 0.5) is 5.69 Å². The zero-order chi connectivity index (χ0) is 10.6.